The molecule has 0 aliphatic carbocycles. The minimum Gasteiger partial charge on any atom is -0.497 e. The molecule has 1 aliphatic heterocycles. The standard InChI is InChI=1S/C31H35N3O2/c1-6-8-18-34(7-2)25-15-14-24(22(3)19-25)20-28-30(27-21-26(35-4)16-17-29(27)36-5)33-31(32-28)23-12-10-9-11-13-23/h9-17,19-21H,6-8,18H2,1-5H3/b28-20-. The van der Waals surface area contributed by atoms with E-state index in [1.165, 1.54) is 24.1 Å². The fraction of sp³-hybridized carbons (Fsp3) is 0.290. The zero-order valence-electron chi connectivity index (χ0n) is 21.9. The Morgan fingerprint density at radius 2 is 1.69 bits per heavy atom. The Bertz CT molecular complexity index is 1290. The Morgan fingerprint density at radius 3 is 2.36 bits per heavy atom. The minimum absolute atomic E-state index is 0.688. The van der Waals surface area contributed by atoms with Crippen molar-refractivity contribution in [2.75, 3.05) is 32.2 Å². The van der Waals surface area contributed by atoms with E-state index >= 15 is 0 Å². The monoisotopic (exact) mass is 481 g/mol. The van der Waals surface area contributed by atoms with Crippen molar-refractivity contribution in [1.82, 2.24) is 0 Å². The molecule has 3 aromatic carbocycles. The van der Waals surface area contributed by atoms with Crippen LogP contribution in [-0.4, -0.2) is 38.9 Å². The molecule has 1 heterocycles. The highest BCUT2D eigenvalue weighted by Gasteiger charge is 2.23. The Morgan fingerprint density at radius 1 is 0.889 bits per heavy atom. The number of aryl methyl sites for hydroxylation is 1. The fourth-order valence-corrected chi connectivity index (χ4v) is 4.35. The summed E-state index contributed by atoms with van der Waals surface area (Å²) in [6, 6.07) is 22.5. The molecule has 186 valence electrons. The topological polar surface area (TPSA) is 46.4 Å². The molecule has 36 heavy (non-hydrogen) atoms. The van der Waals surface area contributed by atoms with Gasteiger partial charge in [0.2, 0.25) is 0 Å². The molecule has 0 aromatic heterocycles. The van der Waals surface area contributed by atoms with Gasteiger partial charge >= 0.3 is 0 Å². The summed E-state index contributed by atoms with van der Waals surface area (Å²) in [5, 5.41) is 0. The summed E-state index contributed by atoms with van der Waals surface area (Å²) in [4.78, 5) is 12.4. The highest BCUT2D eigenvalue weighted by atomic mass is 16.5. The average molecular weight is 482 g/mol. The number of ether oxygens (including phenoxy) is 2. The van der Waals surface area contributed by atoms with Gasteiger partial charge in [-0.05, 0) is 67.8 Å². The molecule has 0 unspecified atom stereocenters. The Labute approximate surface area is 214 Å². The molecular weight excluding hydrogens is 446 g/mol. The molecular formula is C31H35N3O2. The van der Waals surface area contributed by atoms with Crippen molar-refractivity contribution in [2.24, 2.45) is 9.98 Å². The van der Waals surface area contributed by atoms with Gasteiger partial charge in [-0.1, -0.05) is 49.7 Å². The van der Waals surface area contributed by atoms with E-state index in [4.69, 9.17) is 19.5 Å². The number of allylic oxidation sites excluding steroid dienone is 1. The van der Waals surface area contributed by atoms with Crippen molar-refractivity contribution in [3.63, 3.8) is 0 Å². The van der Waals surface area contributed by atoms with Crippen molar-refractivity contribution in [1.29, 1.82) is 0 Å². The largest absolute Gasteiger partial charge is 0.497 e. The number of unbranched alkanes of at least 4 members (excludes halogenated alkanes) is 1. The second-order valence-electron chi connectivity index (χ2n) is 8.83. The van der Waals surface area contributed by atoms with Crippen molar-refractivity contribution in [2.45, 2.75) is 33.6 Å². The first-order valence-corrected chi connectivity index (χ1v) is 12.6. The Kier molecular flexibility index (Phi) is 8.21. The zero-order valence-corrected chi connectivity index (χ0v) is 21.9. The van der Waals surface area contributed by atoms with Gasteiger partial charge in [-0.2, -0.15) is 0 Å². The lowest BCUT2D eigenvalue weighted by Gasteiger charge is -2.23. The lowest BCUT2D eigenvalue weighted by molar-refractivity contribution is 0.402. The minimum atomic E-state index is 0.688. The second-order valence-corrected chi connectivity index (χ2v) is 8.83. The molecule has 0 N–H and O–H groups in total. The van der Waals surface area contributed by atoms with Crippen LogP contribution in [-0.2, 0) is 0 Å². The van der Waals surface area contributed by atoms with E-state index in [0.717, 1.165) is 52.7 Å². The number of hydrogen-bond donors (Lipinski definition) is 0. The summed E-state index contributed by atoms with van der Waals surface area (Å²) < 4.78 is 11.2. The number of hydrogen-bond acceptors (Lipinski definition) is 5. The van der Waals surface area contributed by atoms with Crippen LogP contribution in [0.25, 0.3) is 6.08 Å². The van der Waals surface area contributed by atoms with Crippen LogP contribution in [0.15, 0.2) is 82.4 Å². The molecule has 3 aromatic rings. The molecule has 1 aliphatic rings. The van der Waals surface area contributed by atoms with E-state index in [1.807, 2.05) is 48.5 Å². The number of nitrogens with zero attached hydrogens (tertiary/aromatic N) is 3. The van der Waals surface area contributed by atoms with Crippen LogP contribution in [0.5, 0.6) is 11.5 Å². The first-order valence-electron chi connectivity index (χ1n) is 12.6. The highest BCUT2D eigenvalue weighted by molar-refractivity contribution is 6.26. The normalized spacial score (nSPS) is 14.0. The van der Waals surface area contributed by atoms with Crippen LogP contribution in [0.4, 0.5) is 5.69 Å². The third-order valence-corrected chi connectivity index (χ3v) is 6.45. The molecule has 0 bridgehead atoms. The maximum Gasteiger partial charge on any atom is 0.160 e. The van der Waals surface area contributed by atoms with E-state index < -0.39 is 0 Å². The van der Waals surface area contributed by atoms with Gasteiger partial charge in [-0.25, -0.2) is 9.98 Å². The van der Waals surface area contributed by atoms with Gasteiger partial charge in [0.25, 0.3) is 0 Å². The van der Waals surface area contributed by atoms with Crippen LogP contribution in [0.3, 0.4) is 0 Å². The van der Waals surface area contributed by atoms with Gasteiger partial charge in [-0.15, -0.1) is 0 Å². The van der Waals surface area contributed by atoms with Gasteiger partial charge in [0.15, 0.2) is 5.84 Å². The maximum atomic E-state index is 5.69. The van der Waals surface area contributed by atoms with Crippen molar-refractivity contribution in [3.05, 3.63) is 94.7 Å². The molecule has 0 fully saturated rings. The molecule has 5 heteroatoms. The summed E-state index contributed by atoms with van der Waals surface area (Å²) in [7, 11) is 3.33. The number of amidine groups is 1. The molecule has 0 amide bonds. The summed E-state index contributed by atoms with van der Waals surface area (Å²) >= 11 is 0. The van der Waals surface area contributed by atoms with Gasteiger partial charge in [0, 0.05) is 29.9 Å². The summed E-state index contributed by atoms with van der Waals surface area (Å²) in [5.74, 6) is 2.16. The van der Waals surface area contributed by atoms with Crippen LogP contribution >= 0.6 is 0 Å². The number of benzene rings is 3. The zero-order chi connectivity index (χ0) is 25.5. The number of anilines is 1. The number of rotatable bonds is 10. The molecule has 0 saturated heterocycles. The predicted molar refractivity (Wildman–Crippen MR) is 151 cm³/mol. The lowest BCUT2D eigenvalue weighted by Crippen LogP contribution is -2.23. The maximum absolute atomic E-state index is 5.69. The molecule has 0 atom stereocenters. The van der Waals surface area contributed by atoms with Crippen molar-refractivity contribution >= 4 is 23.3 Å². The van der Waals surface area contributed by atoms with E-state index in [-0.39, 0.29) is 0 Å². The Balaban J connectivity index is 1.78. The van der Waals surface area contributed by atoms with Crippen molar-refractivity contribution in [3.8, 4) is 11.5 Å². The quantitative estimate of drug-likeness (QED) is 0.315. The molecule has 4 rings (SSSR count). The second kappa shape index (κ2) is 11.7. The van der Waals surface area contributed by atoms with Gasteiger partial charge in [-0.3, -0.25) is 0 Å². The van der Waals surface area contributed by atoms with Crippen molar-refractivity contribution < 1.29 is 9.47 Å². The summed E-state index contributed by atoms with van der Waals surface area (Å²) in [5.41, 5.74) is 6.98. The number of aliphatic imine (C=N–C) groups is 2. The first kappa shape index (κ1) is 25.2. The third kappa shape index (κ3) is 5.51. The third-order valence-electron chi connectivity index (χ3n) is 6.45. The van der Waals surface area contributed by atoms with Crippen LogP contribution in [0.1, 0.15) is 48.9 Å². The van der Waals surface area contributed by atoms with Crippen LogP contribution in [0.2, 0.25) is 0 Å². The van der Waals surface area contributed by atoms with E-state index in [2.05, 4.69) is 49.9 Å². The molecule has 0 saturated carbocycles. The highest BCUT2D eigenvalue weighted by Crippen LogP contribution is 2.32. The summed E-state index contributed by atoms with van der Waals surface area (Å²) in [6.07, 6.45) is 4.50. The summed E-state index contributed by atoms with van der Waals surface area (Å²) in [6.45, 7) is 8.67. The van der Waals surface area contributed by atoms with Gasteiger partial charge < -0.3 is 14.4 Å². The SMILES string of the molecule is CCCCN(CC)c1ccc(/C=C2\N=C(c3ccccc3)N=C2c2cc(OC)ccc2OC)c(C)c1. The Hall–Kier alpha value is -3.86. The molecule has 5 nitrogen and oxygen atoms in total. The first-order chi connectivity index (χ1) is 17.6. The smallest absolute Gasteiger partial charge is 0.160 e. The molecule has 0 radical (unpaired) electrons. The fourth-order valence-electron chi connectivity index (χ4n) is 4.35. The van der Waals surface area contributed by atoms with Crippen LogP contribution in [0, 0.1) is 6.92 Å². The van der Waals surface area contributed by atoms with Gasteiger partial charge in [0.1, 0.15) is 17.2 Å². The predicted octanol–water partition coefficient (Wildman–Crippen LogP) is 6.93. The van der Waals surface area contributed by atoms with E-state index in [0.29, 0.717) is 5.84 Å². The van der Waals surface area contributed by atoms with Crippen LogP contribution < -0.4 is 14.4 Å². The molecule has 0 spiro atoms. The lowest BCUT2D eigenvalue weighted by atomic mass is 10.0. The average Bonchev–Trinajstić information content (AvgIpc) is 3.34. The van der Waals surface area contributed by atoms with Gasteiger partial charge in [0.05, 0.1) is 19.9 Å². The number of methoxy groups -OCH3 is 2. The van der Waals surface area contributed by atoms with E-state index in [1.54, 1.807) is 14.2 Å². The van der Waals surface area contributed by atoms with E-state index in [9.17, 15) is 0 Å².